The molecule has 0 radical (unpaired) electrons. The molecule has 0 saturated carbocycles. The molecule has 0 saturated heterocycles. The smallest absolute Gasteiger partial charge is 0.145 e. The highest BCUT2D eigenvalue weighted by Crippen LogP contribution is 2.23. The molecule has 1 heterocycles. The largest absolute Gasteiger partial charge is 0.493 e. The Morgan fingerprint density at radius 2 is 1.58 bits per heavy atom. The van der Waals surface area contributed by atoms with Gasteiger partial charge in [0.25, 0.3) is 0 Å². The number of ether oxygens (including phenoxy) is 2. The fourth-order valence-electron chi connectivity index (χ4n) is 2.72. The maximum absolute atomic E-state index is 5.89. The van der Waals surface area contributed by atoms with E-state index < -0.39 is 0 Å². The minimum atomic E-state index is 0.673. The molecular weight excluding hydrogens is 298 g/mol. The standard InChI is InChI=1S/C21H23NO2/c1-16-10-11-19(17(2)15-16)23-13-3-4-14-24-20-9-5-7-18-8-6-12-22-21(18)20/h5-12,15H,3-4,13-14H2,1-2H3. The number of benzene rings is 2. The van der Waals surface area contributed by atoms with Crippen molar-refractivity contribution in [2.24, 2.45) is 0 Å². The Balaban J connectivity index is 1.44. The average molecular weight is 321 g/mol. The number of unbranched alkanes of at least 4 members (excludes halogenated alkanes) is 1. The molecule has 0 fully saturated rings. The van der Waals surface area contributed by atoms with Crippen molar-refractivity contribution in [2.45, 2.75) is 26.7 Å². The third-order valence-electron chi connectivity index (χ3n) is 3.98. The van der Waals surface area contributed by atoms with Crippen molar-refractivity contribution in [3.05, 3.63) is 65.9 Å². The summed E-state index contributed by atoms with van der Waals surface area (Å²) in [6, 6.07) is 16.3. The van der Waals surface area contributed by atoms with E-state index in [0.717, 1.165) is 35.2 Å². The van der Waals surface area contributed by atoms with Crippen LogP contribution in [-0.4, -0.2) is 18.2 Å². The number of aromatic nitrogens is 1. The lowest BCUT2D eigenvalue weighted by Gasteiger charge is -2.11. The SMILES string of the molecule is Cc1ccc(OCCCCOc2cccc3cccnc23)c(C)c1. The van der Waals surface area contributed by atoms with Gasteiger partial charge in [-0.1, -0.05) is 35.9 Å². The van der Waals surface area contributed by atoms with Crippen molar-refractivity contribution >= 4 is 10.9 Å². The predicted octanol–water partition coefficient (Wildman–Crippen LogP) is 5.09. The molecule has 0 amide bonds. The normalized spacial score (nSPS) is 10.8. The lowest BCUT2D eigenvalue weighted by molar-refractivity contribution is 0.267. The second kappa shape index (κ2) is 7.82. The van der Waals surface area contributed by atoms with Crippen LogP contribution in [0.5, 0.6) is 11.5 Å². The van der Waals surface area contributed by atoms with Gasteiger partial charge in [-0.2, -0.15) is 0 Å². The molecule has 0 bridgehead atoms. The van der Waals surface area contributed by atoms with E-state index in [1.165, 1.54) is 11.1 Å². The van der Waals surface area contributed by atoms with E-state index in [9.17, 15) is 0 Å². The zero-order valence-corrected chi connectivity index (χ0v) is 14.3. The highest BCUT2D eigenvalue weighted by atomic mass is 16.5. The third-order valence-corrected chi connectivity index (χ3v) is 3.98. The number of aryl methyl sites for hydroxylation is 2. The number of hydrogen-bond donors (Lipinski definition) is 0. The molecule has 0 unspecified atom stereocenters. The maximum Gasteiger partial charge on any atom is 0.145 e. The summed E-state index contributed by atoms with van der Waals surface area (Å²) < 4.78 is 11.7. The van der Waals surface area contributed by atoms with E-state index >= 15 is 0 Å². The van der Waals surface area contributed by atoms with Crippen LogP contribution >= 0.6 is 0 Å². The first kappa shape index (κ1) is 16.3. The van der Waals surface area contributed by atoms with Crippen LogP contribution in [0.25, 0.3) is 10.9 Å². The summed E-state index contributed by atoms with van der Waals surface area (Å²) in [5.41, 5.74) is 3.37. The lowest BCUT2D eigenvalue weighted by atomic mass is 10.1. The number of fused-ring (bicyclic) bond motifs is 1. The molecule has 3 heteroatoms. The molecule has 124 valence electrons. The number of pyridine rings is 1. The van der Waals surface area contributed by atoms with Crippen LogP contribution in [-0.2, 0) is 0 Å². The fraction of sp³-hybridized carbons (Fsp3) is 0.286. The van der Waals surface area contributed by atoms with E-state index in [4.69, 9.17) is 9.47 Å². The number of para-hydroxylation sites is 1. The molecule has 0 N–H and O–H groups in total. The molecule has 0 atom stereocenters. The van der Waals surface area contributed by atoms with Gasteiger partial charge in [0.15, 0.2) is 0 Å². The summed E-state index contributed by atoms with van der Waals surface area (Å²) in [4.78, 5) is 4.40. The Labute approximate surface area is 143 Å². The highest BCUT2D eigenvalue weighted by Gasteiger charge is 2.03. The molecule has 3 aromatic rings. The Bertz CT molecular complexity index is 809. The zero-order valence-electron chi connectivity index (χ0n) is 14.3. The van der Waals surface area contributed by atoms with Crippen molar-refractivity contribution in [1.29, 1.82) is 0 Å². The van der Waals surface area contributed by atoms with E-state index in [-0.39, 0.29) is 0 Å². The Morgan fingerprint density at radius 1 is 0.833 bits per heavy atom. The first-order valence-electron chi connectivity index (χ1n) is 8.40. The van der Waals surface area contributed by atoms with Gasteiger partial charge in [-0.15, -0.1) is 0 Å². The second-order valence-corrected chi connectivity index (χ2v) is 6.00. The molecule has 0 aliphatic heterocycles. The summed E-state index contributed by atoms with van der Waals surface area (Å²) >= 11 is 0. The lowest BCUT2D eigenvalue weighted by Crippen LogP contribution is -2.03. The van der Waals surface area contributed by atoms with Gasteiger partial charge < -0.3 is 9.47 Å². The molecule has 0 spiro atoms. The summed E-state index contributed by atoms with van der Waals surface area (Å²) in [5, 5.41) is 1.10. The fourth-order valence-corrected chi connectivity index (χ4v) is 2.72. The molecular formula is C21H23NO2. The molecule has 2 aromatic carbocycles. The molecule has 1 aromatic heterocycles. The van der Waals surface area contributed by atoms with Crippen LogP contribution in [0.3, 0.4) is 0 Å². The number of rotatable bonds is 7. The minimum Gasteiger partial charge on any atom is -0.493 e. The topological polar surface area (TPSA) is 31.4 Å². The van der Waals surface area contributed by atoms with E-state index in [1.807, 2.05) is 36.4 Å². The molecule has 24 heavy (non-hydrogen) atoms. The molecule has 0 aliphatic rings. The summed E-state index contributed by atoms with van der Waals surface area (Å²) in [5.74, 6) is 1.82. The summed E-state index contributed by atoms with van der Waals surface area (Å²) in [6.07, 6.45) is 3.71. The van der Waals surface area contributed by atoms with Crippen LogP contribution in [0.15, 0.2) is 54.7 Å². The quantitative estimate of drug-likeness (QED) is 0.568. The monoisotopic (exact) mass is 321 g/mol. The Hall–Kier alpha value is -2.55. The van der Waals surface area contributed by atoms with Gasteiger partial charge >= 0.3 is 0 Å². The van der Waals surface area contributed by atoms with E-state index in [0.29, 0.717) is 13.2 Å². The maximum atomic E-state index is 5.89. The van der Waals surface area contributed by atoms with Crippen molar-refractivity contribution in [1.82, 2.24) is 4.98 Å². The van der Waals surface area contributed by atoms with Crippen LogP contribution in [0.4, 0.5) is 0 Å². The minimum absolute atomic E-state index is 0.673. The Kier molecular flexibility index (Phi) is 5.32. The van der Waals surface area contributed by atoms with Crippen molar-refractivity contribution in [3.8, 4) is 11.5 Å². The van der Waals surface area contributed by atoms with Crippen LogP contribution in [0, 0.1) is 13.8 Å². The van der Waals surface area contributed by atoms with Crippen molar-refractivity contribution < 1.29 is 9.47 Å². The first-order valence-corrected chi connectivity index (χ1v) is 8.40. The third kappa shape index (κ3) is 4.05. The number of hydrogen-bond acceptors (Lipinski definition) is 3. The van der Waals surface area contributed by atoms with Gasteiger partial charge in [0.05, 0.1) is 13.2 Å². The van der Waals surface area contributed by atoms with E-state index in [2.05, 4.69) is 31.0 Å². The van der Waals surface area contributed by atoms with Crippen LogP contribution < -0.4 is 9.47 Å². The summed E-state index contributed by atoms with van der Waals surface area (Å²) in [6.45, 7) is 5.56. The molecule has 3 rings (SSSR count). The van der Waals surface area contributed by atoms with Crippen molar-refractivity contribution in [3.63, 3.8) is 0 Å². The molecule has 3 nitrogen and oxygen atoms in total. The first-order chi connectivity index (χ1) is 11.7. The number of nitrogens with zero attached hydrogens (tertiary/aromatic N) is 1. The van der Waals surface area contributed by atoms with Gasteiger partial charge in [0.2, 0.25) is 0 Å². The Morgan fingerprint density at radius 3 is 2.38 bits per heavy atom. The average Bonchev–Trinajstić information content (AvgIpc) is 2.59. The predicted molar refractivity (Wildman–Crippen MR) is 97.9 cm³/mol. The zero-order chi connectivity index (χ0) is 16.8. The van der Waals surface area contributed by atoms with Gasteiger partial charge in [-0.05, 0) is 50.5 Å². The second-order valence-electron chi connectivity index (χ2n) is 6.00. The van der Waals surface area contributed by atoms with Crippen LogP contribution in [0.2, 0.25) is 0 Å². The van der Waals surface area contributed by atoms with Gasteiger partial charge in [-0.25, -0.2) is 0 Å². The highest BCUT2D eigenvalue weighted by molar-refractivity contribution is 5.84. The van der Waals surface area contributed by atoms with Gasteiger partial charge in [-0.3, -0.25) is 4.98 Å². The van der Waals surface area contributed by atoms with Gasteiger partial charge in [0.1, 0.15) is 17.0 Å². The van der Waals surface area contributed by atoms with Crippen LogP contribution in [0.1, 0.15) is 24.0 Å². The van der Waals surface area contributed by atoms with Crippen molar-refractivity contribution in [2.75, 3.05) is 13.2 Å². The summed E-state index contributed by atoms with van der Waals surface area (Å²) in [7, 11) is 0. The molecule has 0 aliphatic carbocycles. The van der Waals surface area contributed by atoms with E-state index in [1.54, 1.807) is 6.20 Å². The van der Waals surface area contributed by atoms with Gasteiger partial charge in [0, 0.05) is 11.6 Å².